The van der Waals surface area contributed by atoms with Crippen molar-refractivity contribution in [2.24, 2.45) is 7.05 Å². The number of hydrogen-bond donors (Lipinski definition) is 0. The van der Waals surface area contributed by atoms with Gasteiger partial charge in [0.15, 0.2) is 0 Å². The second kappa shape index (κ2) is 3.33. The molecule has 86 valence electrons. The van der Waals surface area contributed by atoms with Gasteiger partial charge < -0.3 is 4.57 Å². The van der Waals surface area contributed by atoms with Crippen molar-refractivity contribution in [3.05, 3.63) is 54.7 Å². The topological polar surface area (TPSA) is 17.8 Å². The van der Waals surface area contributed by atoms with Gasteiger partial charge in [0.05, 0.1) is 5.52 Å². The average molecular weight is 232 g/mol. The van der Waals surface area contributed by atoms with Crippen LogP contribution in [0.2, 0.25) is 0 Å². The molecular formula is C16H12N2. The Kier molecular flexibility index (Phi) is 1.78. The molecule has 0 unspecified atom stereocenters. The molecule has 0 aliphatic rings. The lowest BCUT2D eigenvalue weighted by Crippen LogP contribution is -1.88. The lowest BCUT2D eigenvalue weighted by atomic mass is 10.0. The summed E-state index contributed by atoms with van der Waals surface area (Å²) in [5, 5.41) is 5.11. The zero-order chi connectivity index (χ0) is 12.1. The van der Waals surface area contributed by atoms with E-state index in [1.165, 1.54) is 27.1 Å². The van der Waals surface area contributed by atoms with Gasteiger partial charge in [-0.3, -0.25) is 0 Å². The molecule has 0 fully saturated rings. The molecule has 0 N–H and O–H groups in total. The van der Waals surface area contributed by atoms with E-state index < -0.39 is 0 Å². The fourth-order valence-electron chi connectivity index (χ4n) is 2.80. The standard InChI is InChI=1S/C16H12N2/c1-18-14-9-8-11-5-2-3-6-12(11)15(14)13-7-4-10-17-16(13)18/h2-10H,1H3. The number of nitrogens with zero attached hydrogens (tertiary/aromatic N) is 2. The molecule has 0 atom stereocenters. The minimum atomic E-state index is 1.05. The van der Waals surface area contributed by atoms with E-state index in [4.69, 9.17) is 0 Å². The molecule has 4 aromatic rings. The van der Waals surface area contributed by atoms with Crippen molar-refractivity contribution in [3.8, 4) is 0 Å². The van der Waals surface area contributed by atoms with E-state index in [2.05, 4.69) is 59.1 Å². The summed E-state index contributed by atoms with van der Waals surface area (Å²) >= 11 is 0. The molecule has 2 nitrogen and oxygen atoms in total. The van der Waals surface area contributed by atoms with Crippen LogP contribution in [0.15, 0.2) is 54.7 Å². The van der Waals surface area contributed by atoms with Crippen molar-refractivity contribution in [2.45, 2.75) is 0 Å². The monoisotopic (exact) mass is 232 g/mol. The Labute approximate surface area is 104 Å². The van der Waals surface area contributed by atoms with E-state index >= 15 is 0 Å². The molecule has 2 heteroatoms. The normalized spacial score (nSPS) is 11.6. The van der Waals surface area contributed by atoms with E-state index in [-0.39, 0.29) is 0 Å². The van der Waals surface area contributed by atoms with Gasteiger partial charge in [0.25, 0.3) is 0 Å². The minimum absolute atomic E-state index is 1.05. The van der Waals surface area contributed by atoms with E-state index in [0.29, 0.717) is 0 Å². The lowest BCUT2D eigenvalue weighted by Gasteiger charge is -2.00. The minimum Gasteiger partial charge on any atom is -0.328 e. The van der Waals surface area contributed by atoms with Gasteiger partial charge in [-0.15, -0.1) is 0 Å². The Balaban J connectivity index is 2.41. The third kappa shape index (κ3) is 1.10. The van der Waals surface area contributed by atoms with Gasteiger partial charge in [0.1, 0.15) is 5.65 Å². The zero-order valence-electron chi connectivity index (χ0n) is 10.1. The zero-order valence-corrected chi connectivity index (χ0v) is 10.1. The van der Waals surface area contributed by atoms with Crippen LogP contribution in [-0.2, 0) is 7.05 Å². The molecule has 2 aromatic heterocycles. The summed E-state index contributed by atoms with van der Waals surface area (Å²) in [5.74, 6) is 0. The van der Waals surface area contributed by atoms with Crippen molar-refractivity contribution in [1.82, 2.24) is 9.55 Å². The van der Waals surface area contributed by atoms with Crippen molar-refractivity contribution in [2.75, 3.05) is 0 Å². The molecule has 0 spiro atoms. The number of aromatic nitrogens is 2. The lowest BCUT2D eigenvalue weighted by molar-refractivity contribution is 0.990. The highest BCUT2D eigenvalue weighted by Crippen LogP contribution is 2.32. The van der Waals surface area contributed by atoms with E-state index in [0.717, 1.165) is 5.65 Å². The van der Waals surface area contributed by atoms with Crippen LogP contribution in [0.25, 0.3) is 32.7 Å². The van der Waals surface area contributed by atoms with E-state index in [1.807, 2.05) is 12.3 Å². The first-order valence-corrected chi connectivity index (χ1v) is 6.07. The molecule has 0 saturated heterocycles. The molecular weight excluding hydrogens is 220 g/mol. The molecule has 2 aromatic carbocycles. The first-order chi connectivity index (χ1) is 8.86. The highest BCUT2D eigenvalue weighted by Gasteiger charge is 2.10. The second-order valence-corrected chi connectivity index (χ2v) is 4.61. The number of pyridine rings is 1. The van der Waals surface area contributed by atoms with Crippen LogP contribution >= 0.6 is 0 Å². The Morgan fingerprint density at radius 1 is 0.889 bits per heavy atom. The molecule has 18 heavy (non-hydrogen) atoms. The summed E-state index contributed by atoms with van der Waals surface area (Å²) < 4.78 is 2.16. The Bertz CT molecular complexity index is 887. The maximum Gasteiger partial charge on any atom is 0.140 e. The van der Waals surface area contributed by atoms with Crippen LogP contribution in [0.4, 0.5) is 0 Å². The Morgan fingerprint density at radius 3 is 2.67 bits per heavy atom. The number of benzene rings is 2. The summed E-state index contributed by atoms with van der Waals surface area (Å²) in [5.41, 5.74) is 2.28. The predicted octanol–water partition coefficient (Wildman–Crippen LogP) is 3.88. The van der Waals surface area contributed by atoms with Crippen molar-refractivity contribution in [1.29, 1.82) is 0 Å². The number of rotatable bonds is 0. The van der Waals surface area contributed by atoms with E-state index in [1.54, 1.807) is 0 Å². The van der Waals surface area contributed by atoms with Gasteiger partial charge in [-0.05, 0) is 29.0 Å². The van der Waals surface area contributed by atoms with Gasteiger partial charge in [0.2, 0.25) is 0 Å². The second-order valence-electron chi connectivity index (χ2n) is 4.61. The van der Waals surface area contributed by atoms with Crippen molar-refractivity contribution >= 4 is 32.7 Å². The quantitative estimate of drug-likeness (QED) is 0.450. The summed E-state index contributed by atoms with van der Waals surface area (Å²) in [6.07, 6.45) is 1.85. The maximum absolute atomic E-state index is 4.49. The molecule has 2 heterocycles. The van der Waals surface area contributed by atoms with Crippen LogP contribution in [-0.4, -0.2) is 9.55 Å². The van der Waals surface area contributed by atoms with Crippen LogP contribution < -0.4 is 0 Å². The molecule has 0 saturated carbocycles. The largest absolute Gasteiger partial charge is 0.328 e. The SMILES string of the molecule is Cn1c2ccc3ccccc3c2c2cccnc21. The molecule has 4 rings (SSSR count). The summed E-state index contributed by atoms with van der Waals surface area (Å²) in [4.78, 5) is 4.49. The fourth-order valence-corrected chi connectivity index (χ4v) is 2.80. The highest BCUT2D eigenvalue weighted by atomic mass is 15.0. The van der Waals surface area contributed by atoms with Crippen LogP contribution in [0, 0.1) is 0 Å². The van der Waals surface area contributed by atoms with Crippen LogP contribution in [0.5, 0.6) is 0 Å². The van der Waals surface area contributed by atoms with Gasteiger partial charge >= 0.3 is 0 Å². The van der Waals surface area contributed by atoms with Crippen molar-refractivity contribution < 1.29 is 0 Å². The number of fused-ring (bicyclic) bond motifs is 5. The third-order valence-corrected chi connectivity index (χ3v) is 3.64. The average Bonchev–Trinajstić information content (AvgIpc) is 2.73. The Hall–Kier alpha value is -2.35. The van der Waals surface area contributed by atoms with Crippen LogP contribution in [0.3, 0.4) is 0 Å². The number of aryl methyl sites for hydroxylation is 1. The summed E-state index contributed by atoms with van der Waals surface area (Å²) in [7, 11) is 2.08. The van der Waals surface area contributed by atoms with Crippen molar-refractivity contribution in [3.63, 3.8) is 0 Å². The molecule has 0 radical (unpaired) electrons. The van der Waals surface area contributed by atoms with Gasteiger partial charge in [0, 0.05) is 24.0 Å². The molecule has 0 aliphatic heterocycles. The van der Waals surface area contributed by atoms with Gasteiger partial charge in [-0.25, -0.2) is 4.98 Å². The molecule has 0 aliphatic carbocycles. The fraction of sp³-hybridized carbons (Fsp3) is 0.0625. The number of hydrogen-bond acceptors (Lipinski definition) is 1. The summed E-state index contributed by atoms with van der Waals surface area (Å²) in [6.45, 7) is 0. The van der Waals surface area contributed by atoms with E-state index in [9.17, 15) is 0 Å². The third-order valence-electron chi connectivity index (χ3n) is 3.64. The maximum atomic E-state index is 4.49. The molecule has 0 amide bonds. The smallest absolute Gasteiger partial charge is 0.140 e. The predicted molar refractivity (Wildman–Crippen MR) is 75.7 cm³/mol. The first-order valence-electron chi connectivity index (χ1n) is 6.07. The van der Waals surface area contributed by atoms with Gasteiger partial charge in [-0.1, -0.05) is 30.3 Å². The van der Waals surface area contributed by atoms with Gasteiger partial charge in [-0.2, -0.15) is 0 Å². The summed E-state index contributed by atoms with van der Waals surface area (Å²) in [6, 6.07) is 17.0. The first kappa shape index (κ1) is 9.66. The Morgan fingerprint density at radius 2 is 1.72 bits per heavy atom. The highest BCUT2D eigenvalue weighted by molar-refractivity contribution is 6.19. The molecule has 0 bridgehead atoms. The van der Waals surface area contributed by atoms with Crippen LogP contribution in [0.1, 0.15) is 0 Å².